The Hall–Kier alpha value is -0.340. The summed E-state index contributed by atoms with van der Waals surface area (Å²) in [5, 5.41) is 0. The molecule has 1 rings (SSSR count). The maximum atomic E-state index is 11.4. The van der Waals surface area contributed by atoms with Crippen molar-refractivity contribution in [2.45, 2.75) is 0 Å². The molecular weight excluding hydrogens is 270 g/mol. The summed E-state index contributed by atoms with van der Waals surface area (Å²) in [4.78, 5) is 20.3. The molecule has 0 amide bonds. The minimum Gasteiger partial charge on any atom is -0.309 e. The Labute approximate surface area is 89.4 Å². The SMILES string of the molecule is O=P(O)(O)OP(=O)(OS)On1ccnc1. The van der Waals surface area contributed by atoms with Gasteiger partial charge in [-0.1, -0.05) is 0 Å². The van der Waals surface area contributed by atoms with E-state index in [0.717, 1.165) is 11.1 Å². The molecule has 15 heavy (non-hydrogen) atoms. The second-order valence-corrected chi connectivity index (χ2v) is 5.45. The van der Waals surface area contributed by atoms with E-state index in [0.29, 0.717) is 0 Å². The van der Waals surface area contributed by atoms with Crippen molar-refractivity contribution in [3.05, 3.63) is 18.7 Å². The van der Waals surface area contributed by atoms with E-state index in [1.165, 1.54) is 12.4 Å². The van der Waals surface area contributed by atoms with Crippen molar-refractivity contribution in [1.29, 1.82) is 0 Å². The molecule has 0 spiro atoms. The van der Waals surface area contributed by atoms with Crippen LogP contribution in [0.3, 0.4) is 0 Å². The molecule has 1 atom stereocenters. The summed E-state index contributed by atoms with van der Waals surface area (Å²) in [5.41, 5.74) is 0. The first-order chi connectivity index (χ1) is 6.85. The number of rotatable bonds is 5. The van der Waals surface area contributed by atoms with Gasteiger partial charge < -0.3 is 14.4 Å². The number of phosphoric acid groups is 2. The van der Waals surface area contributed by atoms with Gasteiger partial charge in [-0.2, -0.15) is 9.04 Å². The lowest BCUT2D eigenvalue weighted by atomic mass is 11.0. The zero-order valence-electron chi connectivity index (χ0n) is 6.90. The summed E-state index contributed by atoms with van der Waals surface area (Å²) in [6.45, 7) is 0. The molecule has 0 radical (unpaired) electrons. The summed E-state index contributed by atoms with van der Waals surface area (Å²) < 4.78 is 34.8. The third-order valence-corrected chi connectivity index (χ3v) is 3.82. The Morgan fingerprint density at radius 1 is 1.40 bits per heavy atom. The maximum absolute atomic E-state index is 11.4. The van der Waals surface area contributed by atoms with E-state index in [9.17, 15) is 9.13 Å². The van der Waals surface area contributed by atoms with Crippen LogP contribution in [0.25, 0.3) is 0 Å². The van der Waals surface area contributed by atoms with Gasteiger partial charge in [-0.3, -0.25) is 0 Å². The van der Waals surface area contributed by atoms with E-state index in [4.69, 9.17) is 9.79 Å². The zero-order valence-corrected chi connectivity index (χ0v) is 9.59. The molecule has 0 aromatic carbocycles. The van der Waals surface area contributed by atoms with Crippen molar-refractivity contribution in [2.24, 2.45) is 0 Å². The second kappa shape index (κ2) is 4.67. The molecular formula is C3H6N2O7P2S. The van der Waals surface area contributed by atoms with E-state index in [1.807, 2.05) is 0 Å². The third-order valence-electron chi connectivity index (χ3n) is 0.981. The van der Waals surface area contributed by atoms with Gasteiger partial charge in [0.15, 0.2) is 0 Å². The predicted octanol–water partition coefficient (Wildman–Crippen LogP) is 0.390. The molecule has 86 valence electrons. The van der Waals surface area contributed by atoms with Crippen molar-refractivity contribution in [1.82, 2.24) is 9.71 Å². The quantitative estimate of drug-likeness (QED) is 0.401. The molecule has 0 aliphatic carbocycles. The summed E-state index contributed by atoms with van der Waals surface area (Å²) in [6.07, 6.45) is 3.56. The first-order valence-corrected chi connectivity index (χ1v) is 6.58. The average Bonchev–Trinajstić information content (AvgIpc) is 2.53. The van der Waals surface area contributed by atoms with Crippen LogP contribution in [-0.2, 0) is 17.4 Å². The Morgan fingerprint density at radius 3 is 2.47 bits per heavy atom. The number of nitrogens with zero attached hydrogens (tertiary/aromatic N) is 2. The number of hydrogen-bond acceptors (Lipinski definition) is 7. The molecule has 1 unspecified atom stereocenters. The van der Waals surface area contributed by atoms with Gasteiger partial charge in [0.1, 0.15) is 6.33 Å². The number of thiol groups is 1. The minimum absolute atomic E-state index is 0.784. The fourth-order valence-corrected chi connectivity index (χ4v) is 2.58. The molecule has 1 heterocycles. The standard InChI is InChI=1S/C3H6N2O7P2S/c6-13(7,8)11-14(9,12-15)10-5-2-1-4-3-5/h1-3,15H,(H2,6,7,8). The van der Waals surface area contributed by atoms with Gasteiger partial charge in [0.05, 0.1) is 6.20 Å². The van der Waals surface area contributed by atoms with Crippen LogP contribution in [0, 0.1) is 0 Å². The normalized spacial score (nSPS) is 15.9. The first kappa shape index (κ1) is 12.7. The van der Waals surface area contributed by atoms with Crippen LogP contribution < -0.4 is 4.62 Å². The van der Waals surface area contributed by atoms with Crippen molar-refractivity contribution < 1.29 is 31.8 Å². The molecule has 0 saturated carbocycles. The molecule has 9 nitrogen and oxygen atoms in total. The largest absolute Gasteiger partial charge is 0.569 e. The van der Waals surface area contributed by atoms with Gasteiger partial charge in [0.2, 0.25) is 0 Å². The van der Waals surface area contributed by atoms with Crippen molar-refractivity contribution >= 4 is 28.6 Å². The van der Waals surface area contributed by atoms with Crippen LogP contribution in [0.1, 0.15) is 0 Å². The van der Waals surface area contributed by atoms with Gasteiger partial charge in [0.25, 0.3) is 0 Å². The molecule has 2 N–H and O–H groups in total. The number of imidazole rings is 1. The topological polar surface area (TPSA) is 120 Å². The highest BCUT2D eigenvalue weighted by Gasteiger charge is 2.37. The zero-order chi connectivity index (χ0) is 11.5. The fraction of sp³-hybridized carbons (Fsp3) is 0. The van der Waals surface area contributed by atoms with E-state index in [-0.39, 0.29) is 0 Å². The predicted molar refractivity (Wildman–Crippen MR) is 49.6 cm³/mol. The fourth-order valence-electron chi connectivity index (χ4n) is 0.586. The minimum atomic E-state index is -5.02. The molecule has 12 heteroatoms. The second-order valence-electron chi connectivity index (χ2n) is 2.11. The molecule has 0 fully saturated rings. The lowest BCUT2D eigenvalue weighted by Gasteiger charge is -2.14. The van der Waals surface area contributed by atoms with Crippen LogP contribution >= 0.6 is 28.6 Å². The third kappa shape index (κ3) is 4.35. The van der Waals surface area contributed by atoms with Gasteiger partial charge in [-0.05, 0) is 12.9 Å². The lowest BCUT2D eigenvalue weighted by Crippen LogP contribution is -2.08. The molecule has 0 bridgehead atoms. The molecule has 1 aromatic heterocycles. The maximum Gasteiger partial charge on any atom is 0.569 e. The Morgan fingerprint density at radius 2 is 2.07 bits per heavy atom. The Bertz CT molecular complexity index is 400. The highest BCUT2D eigenvalue weighted by atomic mass is 32.1. The smallest absolute Gasteiger partial charge is 0.309 e. The van der Waals surface area contributed by atoms with E-state index >= 15 is 0 Å². The van der Waals surface area contributed by atoms with Crippen molar-refractivity contribution in [3.8, 4) is 0 Å². The monoisotopic (exact) mass is 276 g/mol. The number of hydrogen-bond donors (Lipinski definition) is 3. The highest BCUT2D eigenvalue weighted by Crippen LogP contribution is 2.59. The molecule has 0 aliphatic heterocycles. The van der Waals surface area contributed by atoms with E-state index < -0.39 is 15.6 Å². The molecule has 0 aliphatic rings. The Balaban J connectivity index is 2.78. The average molecular weight is 276 g/mol. The summed E-state index contributed by atoms with van der Waals surface area (Å²) >= 11 is 3.13. The first-order valence-electron chi connectivity index (χ1n) is 3.23. The number of aromatic nitrogens is 2. The van der Waals surface area contributed by atoms with Crippen LogP contribution in [-0.4, -0.2) is 19.5 Å². The Kier molecular flexibility index (Phi) is 3.96. The van der Waals surface area contributed by atoms with Crippen molar-refractivity contribution in [2.75, 3.05) is 0 Å². The van der Waals surface area contributed by atoms with E-state index in [2.05, 4.69) is 30.8 Å². The van der Waals surface area contributed by atoms with Gasteiger partial charge in [0, 0.05) is 6.20 Å². The van der Waals surface area contributed by atoms with Crippen LogP contribution in [0.4, 0.5) is 0 Å². The molecule has 1 aromatic rings. The van der Waals surface area contributed by atoms with E-state index in [1.54, 1.807) is 0 Å². The van der Waals surface area contributed by atoms with Gasteiger partial charge in [-0.15, -0.1) is 0 Å². The van der Waals surface area contributed by atoms with Gasteiger partial charge in [-0.25, -0.2) is 18.1 Å². The summed E-state index contributed by atoms with van der Waals surface area (Å²) in [5.74, 6) is 0. The van der Waals surface area contributed by atoms with Gasteiger partial charge >= 0.3 is 15.6 Å². The lowest BCUT2D eigenvalue weighted by molar-refractivity contribution is 0.175. The summed E-state index contributed by atoms with van der Waals surface area (Å²) in [6, 6.07) is 0. The van der Waals surface area contributed by atoms with Crippen LogP contribution in [0.2, 0.25) is 0 Å². The summed E-state index contributed by atoms with van der Waals surface area (Å²) in [7, 11) is -9.50. The van der Waals surface area contributed by atoms with Crippen LogP contribution in [0.5, 0.6) is 0 Å². The van der Waals surface area contributed by atoms with Crippen molar-refractivity contribution in [3.63, 3.8) is 0 Å². The van der Waals surface area contributed by atoms with Crippen LogP contribution in [0.15, 0.2) is 18.7 Å². The highest BCUT2D eigenvalue weighted by molar-refractivity contribution is 7.81. The molecule has 0 saturated heterocycles.